The van der Waals surface area contributed by atoms with Gasteiger partial charge in [-0.15, -0.1) is 0 Å². The summed E-state index contributed by atoms with van der Waals surface area (Å²) in [6.07, 6.45) is 5.06. The Morgan fingerprint density at radius 3 is 2.62 bits per heavy atom. The predicted molar refractivity (Wildman–Crippen MR) is 62.5 cm³/mol. The van der Waals surface area contributed by atoms with Crippen molar-refractivity contribution < 1.29 is 14.6 Å². The first-order chi connectivity index (χ1) is 7.65. The van der Waals surface area contributed by atoms with Crippen LogP contribution >= 0.6 is 0 Å². The lowest BCUT2D eigenvalue weighted by Gasteiger charge is -2.31. The van der Waals surface area contributed by atoms with E-state index in [2.05, 4.69) is 6.92 Å². The van der Waals surface area contributed by atoms with E-state index in [1.165, 1.54) is 25.7 Å². The molecule has 1 saturated carbocycles. The van der Waals surface area contributed by atoms with Crippen molar-refractivity contribution >= 4 is 5.97 Å². The fourth-order valence-corrected chi connectivity index (χ4v) is 2.55. The molecule has 0 bridgehead atoms. The van der Waals surface area contributed by atoms with E-state index >= 15 is 0 Å². The monoisotopic (exact) mass is 229 g/mol. The van der Waals surface area contributed by atoms with Gasteiger partial charge in [0.1, 0.15) is 0 Å². The molecular weight excluding hydrogens is 206 g/mol. The van der Waals surface area contributed by atoms with Crippen molar-refractivity contribution in [2.45, 2.75) is 38.6 Å². The van der Waals surface area contributed by atoms with Gasteiger partial charge < -0.3 is 9.84 Å². The third-order valence-electron chi connectivity index (χ3n) is 3.58. The van der Waals surface area contributed by atoms with Crippen LogP contribution in [0.3, 0.4) is 0 Å². The van der Waals surface area contributed by atoms with Crippen LogP contribution in [0, 0.1) is 5.92 Å². The normalized spacial score (nSPS) is 19.2. The summed E-state index contributed by atoms with van der Waals surface area (Å²) in [5.74, 6) is -0.0860. The Kier molecular flexibility index (Phi) is 5.77. The highest BCUT2D eigenvalue weighted by molar-refractivity contribution is 5.69. The molecule has 0 aliphatic heterocycles. The van der Waals surface area contributed by atoms with Crippen LogP contribution in [-0.4, -0.2) is 48.8 Å². The highest BCUT2D eigenvalue weighted by atomic mass is 16.5. The van der Waals surface area contributed by atoms with E-state index in [4.69, 9.17) is 9.84 Å². The zero-order valence-electron chi connectivity index (χ0n) is 10.3. The quantitative estimate of drug-likeness (QED) is 0.720. The van der Waals surface area contributed by atoms with Gasteiger partial charge >= 0.3 is 5.97 Å². The van der Waals surface area contributed by atoms with E-state index in [0.29, 0.717) is 25.1 Å². The van der Waals surface area contributed by atoms with E-state index in [-0.39, 0.29) is 6.54 Å². The lowest BCUT2D eigenvalue weighted by atomic mass is 9.98. The first-order valence-corrected chi connectivity index (χ1v) is 6.10. The standard InChI is InChI=1S/C12H23NO3/c1-10(11-5-3-4-6-11)13(7-8-16-2)9-12(14)15/h10-11H,3-9H2,1-2H3,(H,14,15). The summed E-state index contributed by atoms with van der Waals surface area (Å²) in [5, 5.41) is 8.89. The molecule has 0 saturated heterocycles. The fourth-order valence-electron chi connectivity index (χ4n) is 2.55. The minimum absolute atomic E-state index is 0.126. The molecule has 1 rings (SSSR count). The average molecular weight is 229 g/mol. The number of methoxy groups -OCH3 is 1. The van der Waals surface area contributed by atoms with E-state index < -0.39 is 5.97 Å². The summed E-state index contributed by atoms with van der Waals surface area (Å²) in [6.45, 7) is 3.58. The van der Waals surface area contributed by atoms with Gasteiger partial charge in [-0.05, 0) is 25.7 Å². The predicted octanol–water partition coefficient (Wildman–Crippen LogP) is 1.60. The zero-order valence-corrected chi connectivity index (χ0v) is 10.3. The maximum atomic E-state index is 10.8. The Bertz CT molecular complexity index is 214. The molecule has 1 atom stereocenters. The molecule has 0 radical (unpaired) electrons. The van der Waals surface area contributed by atoms with E-state index in [9.17, 15) is 4.79 Å². The Morgan fingerprint density at radius 1 is 1.50 bits per heavy atom. The lowest BCUT2D eigenvalue weighted by Crippen LogP contribution is -2.42. The molecule has 1 unspecified atom stereocenters. The van der Waals surface area contributed by atoms with Crippen LogP contribution in [-0.2, 0) is 9.53 Å². The highest BCUT2D eigenvalue weighted by Gasteiger charge is 2.27. The number of hydrogen-bond acceptors (Lipinski definition) is 3. The number of hydrogen-bond donors (Lipinski definition) is 1. The number of aliphatic carboxylic acids is 1. The second-order valence-corrected chi connectivity index (χ2v) is 4.64. The van der Waals surface area contributed by atoms with Gasteiger partial charge in [0.2, 0.25) is 0 Å². The molecule has 4 heteroatoms. The van der Waals surface area contributed by atoms with Gasteiger partial charge in [-0.3, -0.25) is 9.69 Å². The van der Waals surface area contributed by atoms with Crippen LogP contribution in [0.5, 0.6) is 0 Å². The van der Waals surface area contributed by atoms with Crippen molar-refractivity contribution in [1.82, 2.24) is 4.90 Å². The van der Waals surface area contributed by atoms with E-state index in [1.807, 2.05) is 4.90 Å². The smallest absolute Gasteiger partial charge is 0.317 e. The number of nitrogens with zero attached hydrogens (tertiary/aromatic N) is 1. The SMILES string of the molecule is COCCN(CC(=O)O)C(C)C1CCCC1. The van der Waals surface area contributed by atoms with Gasteiger partial charge in [0.25, 0.3) is 0 Å². The van der Waals surface area contributed by atoms with Crippen molar-refractivity contribution in [3.63, 3.8) is 0 Å². The molecular formula is C12H23NO3. The molecule has 0 heterocycles. The van der Waals surface area contributed by atoms with Crippen molar-refractivity contribution in [3.05, 3.63) is 0 Å². The highest BCUT2D eigenvalue weighted by Crippen LogP contribution is 2.29. The molecule has 1 aliphatic rings. The first-order valence-electron chi connectivity index (χ1n) is 6.10. The van der Waals surface area contributed by atoms with Crippen LogP contribution in [0.2, 0.25) is 0 Å². The van der Waals surface area contributed by atoms with Gasteiger partial charge in [0, 0.05) is 19.7 Å². The summed E-state index contributed by atoms with van der Waals surface area (Å²) in [4.78, 5) is 12.8. The molecule has 0 aromatic rings. The number of rotatable bonds is 7. The van der Waals surface area contributed by atoms with Gasteiger partial charge in [0.05, 0.1) is 13.2 Å². The molecule has 0 amide bonds. The number of ether oxygens (including phenoxy) is 1. The summed E-state index contributed by atoms with van der Waals surface area (Å²) < 4.78 is 5.03. The molecule has 94 valence electrons. The largest absolute Gasteiger partial charge is 0.480 e. The van der Waals surface area contributed by atoms with Gasteiger partial charge in [0.15, 0.2) is 0 Å². The van der Waals surface area contributed by atoms with Crippen molar-refractivity contribution in [2.24, 2.45) is 5.92 Å². The fraction of sp³-hybridized carbons (Fsp3) is 0.917. The molecule has 0 aromatic heterocycles. The molecule has 1 fully saturated rings. The molecule has 0 spiro atoms. The maximum Gasteiger partial charge on any atom is 0.317 e. The van der Waals surface area contributed by atoms with E-state index in [1.54, 1.807) is 7.11 Å². The zero-order chi connectivity index (χ0) is 12.0. The van der Waals surface area contributed by atoms with Crippen LogP contribution < -0.4 is 0 Å². The molecule has 4 nitrogen and oxygen atoms in total. The third-order valence-corrected chi connectivity index (χ3v) is 3.58. The number of carboxylic acid groups (broad SMARTS) is 1. The van der Waals surface area contributed by atoms with Crippen LogP contribution in [0.1, 0.15) is 32.6 Å². The topological polar surface area (TPSA) is 49.8 Å². The molecule has 16 heavy (non-hydrogen) atoms. The van der Waals surface area contributed by atoms with Gasteiger partial charge in [-0.2, -0.15) is 0 Å². The van der Waals surface area contributed by atoms with Crippen molar-refractivity contribution in [1.29, 1.82) is 0 Å². The van der Waals surface area contributed by atoms with E-state index in [0.717, 1.165) is 0 Å². The minimum atomic E-state index is -0.749. The Morgan fingerprint density at radius 2 is 2.12 bits per heavy atom. The summed E-state index contributed by atoms with van der Waals surface area (Å²) >= 11 is 0. The minimum Gasteiger partial charge on any atom is -0.480 e. The summed E-state index contributed by atoms with van der Waals surface area (Å²) in [6, 6.07) is 0.355. The Balaban J connectivity index is 2.47. The Hall–Kier alpha value is -0.610. The van der Waals surface area contributed by atoms with Crippen molar-refractivity contribution in [2.75, 3.05) is 26.8 Å². The van der Waals surface area contributed by atoms with Crippen LogP contribution in [0.4, 0.5) is 0 Å². The molecule has 1 N–H and O–H groups in total. The average Bonchev–Trinajstić information content (AvgIpc) is 2.76. The number of carbonyl (C=O) groups is 1. The number of carboxylic acids is 1. The second-order valence-electron chi connectivity index (χ2n) is 4.64. The molecule has 0 aromatic carbocycles. The first kappa shape index (κ1) is 13.5. The van der Waals surface area contributed by atoms with Gasteiger partial charge in [-0.25, -0.2) is 0 Å². The summed E-state index contributed by atoms with van der Waals surface area (Å²) in [5.41, 5.74) is 0. The van der Waals surface area contributed by atoms with Crippen LogP contribution in [0.25, 0.3) is 0 Å². The second kappa shape index (κ2) is 6.86. The Labute approximate surface area is 97.6 Å². The lowest BCUT2D eigenvalue weighted by molar-refractivity contribution is -0.139. The third kappa shape index (κ3) is 4.10. The maximum absolute atomic E-state index is 10.8. The van der Waals surface area contributed by atoms with Gasteiger partial charge in [-0.1, -0.05) is 12.8 Å². The molecule has 1 aliphatic carbocycles. The summed E-state index contributed by atoms with van der Waals surface area (Å²) in [7, 11) is 1.65. The van der Waals surface area contributed by atoms with Crippen LogP contribution in [0.15, 0.2) is 0 Å². The van der Waals surface area contributed by atoms with Crippen molar-refractivity contribution in [3.8, 4) is 0 Å².